The van der Waals surface area contributed by atoms with Crippen molar-refractivity contribution in [3.8, 4) is 5.69 Å². The van der Waals surface area contributed by atoms with E-state index in [1.54, 1.807) is 0 Å². The summed E-state index contributed by atoms with van der Waals surface area (Å²) < 4.78 is 14.6. The predicted octanol–water partition coefficient (Wildman–Crippen LogP) is 7.68. The Kier molecular flexibility index (Phi) is 3.27. The molecule has 160 valence electrons. The van der Waals surface area contributed by atoms with Gasteiger partial charge >= 0.3 is 0 Å². The van der Waals surface area contributed by atoms with E-state index in [0.29, 0.717) is 0 Å². The first kappa shape index (κ1) is 17.9. The third-order valence-electron chi connectivity index (χ3n) is 6.74. The van der Waals surface area contributed by atoms with Crippen LogP contribution in [0.2, 0.25) is 0 Å². The van der Waals surface area contributed by atoms with Crippen LogP contribution in [0, 0.1) is 6.92 Å². The van der Waals surface area contributed by atoms with Gasteiger partial charge in [-0.25, -0.2) is 0 Å². The molecule has 5 heteroatoms. The van der Waals surface area contributed by atoms with Gasteiger partial charge in [0.1, 0.15) is 33.4 Å². The summed E-state index contributed by atoms with van der Waals surface area (Å²) in [5.41, 5.74) is 9.52. The molecule has 0 aliphatic heterocycles. The van der Waals surface area contributed by atoms with E-state index in [4.69, 9.17) is 8.83 Å². The number of hydrogen-bond acceptors (Lipinski definition) is 4. The predicted molar refractivity (Wildman–Crippen MR) is 136 cm³/mol. The number of aryl methyl sites for hydroxylation is 1. The highest BCUT2D eigenvalue weighted by atomic mass is 16.3. The minimum atomic E-state index is 0.820. The molecule has 5 aromatic heterocycles. The molecular weight excluding hydrogens is 422 g/mol. The average Bonchev–Trinajstić information content (AvgIpc) is 3.51. The number of furan rings is 2. The molecule has 5 heterocycles. The average molecular weight is 439 g/mol. The number of hydrogen-bond donors (Lipinski definition) is 0. The van der Waals surface area contributed by atoms with Gasteiger partial charge in [-0.05, 0) is 67.6 Å². The summed E-state index contributed by atoms with van der Waals surface area (Å²) in [6.45, 7) is 2.10. The van der Waals surface area contributed by atoms with Crippen LogP contribution in [-0.2, 0) is 0 Å². The molecule has 0 saturated heterocycles. The summed E-state index contributed by atoms with van der Waals surface area (Å²) in [7, 11) is 0. The van der Waals surface area contributed by atoms with Crippen molar-refractivity contribution in [2.45, 2.75) is 6.92 Å². The molecule has 8 aromatic rings. The maximum Gasteiger partial charge on any atom is 0.139 e. The fourth-order valence-electron chi connectivity index (χ4n) is 5.22. The van der Waals surface area contributed by atoms with Crippen molar-refractivity contribution in [1.82, 2.24) is 14.5 Å². The maximum atomic E-state index is 6.23. The van der Waals surface area contributed by atoms with Gasteiger partial charge in [0, 0.05) is 45.7 Å². The van der Waals surface area contributed by atoms with Gasteiger partial charge < -0.3 is 13.4 Å². The number of rotatable bonds is 1. The Bertz CT molecular complexity index is 2040. The van der Waals surface area contributed by atoms with E-state index in [2.05, 4.69) is 63.9 Å². The van der Waals surface area contributed by atoms with E-state index in [1.165, 1.54) is 5.56 Å². The second-order valence-corrected chi connectivity index (χ2v) is 8.81. The lowest BCUT2D eigenvalue weighted by molar-refractivity contribution is 0.656. The summed E-state index contributed by atoms with van der Waals surface area (Å²) in [6.07, 6.45) is 3.63. The van der Waals surface area contributed by atoms with Gasteiger partial charge in [-0.15, -0.1) is 0 Å². The fraction of sp³-hybridized carbons (Fsp3) is 0.0345. The molecule has 8 rings (SSSR count). The number of nitrogens with zero attached hydrogens (tertiary/aromatic N) is 3. The van der Waals surface area contributed by atoms with Gasteiger partial charge in [0.15, 0.2) is 0 Å². The lowest BCUT2D eigenvalue weighted by atomic mass is 10.1. The fourth-order valence-corrected chi connectivity index (χ4v) is 5.22. The molecule has 0 spiro atoms. The van der Waals surface area contributed by atoms with Crippen molar-refractivity contribution in [1.29, 1.82) is 0 Å². The standard InChI is InChI=1S/C29H17N3O2/c1-16-6-8-24-18(12-16)20-14-21-19-13-17(7-9-25(19)34-27(21)15-26(20)33-24)32-22-4-2-10-30-28(22)29-23(32)5-3-11-31-29/h2-15H,1H3. The zero-order valence-corrected chi connectivity index (χ0v) is 18.2. The van der Waals surface area contributed by atoms with E-state index in [-0.39, 0.29) is 0 Å². The Labute approximate surface area is 192 Å². The first-order valence-corrected chi connectivity index (χ1v) is 11.2. The van der Waals surface area contributed by atoms with Crippen LogP contribution in [0.25, 0.3) is 71.6 Å². The second kappa shape index (κ2) is 6.23. The molecule has 34 heavy (non-hydrogen) atoms. The summed E-state index contributed by atoms with van der Waals surface area (Å²) in [5, 5.41) is 4.37. The molecule has 0 fully saturated rings. The van der Waals surface area contributed by atoms with Crippen molar-refractivity contribution >= 4 is 65.9 Å². The van der Waals surface area contributed by atoms with Crippen LogP contribution in [0.15, 0.2) is 94.0 Å². The molecular formula is C29H17N3O2. The highest BCUT2D eigenvalue weighted by Gasteiger charge is 2.17. The zero-order valence-electron chi connectivity index (χ0n) is 18.2. The molecule has 0 N–H and O–H groups in total. The zero-order chi connectivity index (χ0) is 22.4. The third kappa shape index (κ3) is 2.28. The van der Waals surface area contributed by atoms with Crippen LogP contribution in [0.4, 0.5) is 0 Å². The minimum absolute atomic E-state index is 0.820. The Hall–Kier alpha value is -4.64. The summed E-state index contributed by atoms with van der Waals surface area (Å²) >= 11 is 0. The quantitative estimate of drug-likeness (QED) is 0.263. The van der Waals surface area contributed by atoms with Crippen molar-refractivity contribution in [2.75, 3.05) is 0 Å². The van der Waals surface area contributed by atoms with Gasteiger partial charge in [0.05, 0.1) is 11.0 Å². The Morgan fingerprint density at radius 3 is 1.85 bits per heavy atom. The molecule has 3 aromatic carbocycles. The SMILES string of the molecule is Cc1ccc2oc3cc4oc5ccc(-n6c7cccnc7c7ncccc76)cc5c4cc3c2c1. The van der Waals surface area contributed by atoms with Crippen LogP contribution in [0.3, 0.4) is 0 Å². The van der Waals surface area contributed by atoms with Crippen LogP contribution in [0.5, 0.6) is 0 Å². The summed E-state index contributed by atoms with van der Waals surface area (Å²) in [5.74, 6) is 0. The van der Waals surface area contributed by atoms with Gasteiger partial charge in [-0.2, -0.15) is 0 Å². The molecule has 0 amide bonds. The van der Waals surface area contributed by atoms with Crippen LogP contribution in [-0.4, -0.2) is 14.5 Å². The van der Waals surface area contributed by atoms with Crippen molar-refractivity contribution in [2.24, 2.45) is 0 Å². The largest absolute Gasteiger partial charge is 0.456 e. The smallest absolute Gasteiger partial charge is 0.139 e. The lowest BCUT2D eigenvalue weighted by Gasteiger charge is -2.07. The van der Waals surface area contributed by atoms with Gasteiger partial charge in [0.2, 0.25) is 0 Å². The number of aromatic nitrogens is 3. The number of pyridine rings is 2. The molecule has 0 aliphatic carbocycles. The van der Waals surface area contributed by atoms with Crippen LogP contribution >= 0.6 is 0 Å². The van der Waals surface area contributed by atoms with E-state index >= 15 is 0 Å². The van der Waals surface area contributed by atoms with Crippen molar-refractivity contribution in [3.05, 3.63) is 90.8 Å². The molecule has 0 radical (unpaired) electrons. The van der Waals surface area contributed by atoms with E-state index in [0.717, 1.165) is 71.6 Å². The normalized spacial score (nSPS) is 12.3. The van der Waals surface area contributed by atoms with E-state index in [1.807, 2.05) is 42.7 Å². The van der Waals surface area contributed by atoms with E-state index < -0.39 is 0 Å². The Balaban J connectivity index is 1.46. The maximum absolute atomic E-state index is 6.23. The summed E-state index contributed by atoms with van der Waals surface area (Å²) in [6, 6.07) is 24.9. The minimum Gasteiger partial charge on any atom is -0.456 e. The molecule has 0 bridgehead atoms. The lowest BCUT2D eigenvalue weighted by Crippen LogP contribution is -1.93. The monoisotopic (exact) mass is 439 g/mol. The van der Waals surface area contributed by atoms with Crippen LogP contribution < -0.4 is 0 Å². The van der Waals surface area contributed by atoms with E-state index in [9.17, 15) is 0 Å². The second-order valence-electron chi connectivity index (χ2n) is 8.81. The molecule has 0 atom stereocenters. The van der Waals surface area contributed by atoms with Crippen LogP contribution in [0.1, 0.15) is 5.56 Å². The van der Waals surface area contributed by atoms with Gasteiger partial charge in [0.25, 0.3) is 0 Å². The topological polar surface area (TPSA) is 57.0 Å². The van der Waals surface area contributed by atoms with Gasteiger partial charge in [-0.1, -0.05) is 11.6 Å². The molecule has 0 unspecified atom stereocenters. The highest BCUT2D eigenvalue weighted by molar-refractivity contribution is 6.15. The Morgan fingerprint density at radius 2 is 1.18 bits per heavy atom. The third-order valence-corrected chi connectivity index (χ3v) is 6.74. The molecule has 0 aliphatic rings. The first-order valence-electron chi connectivity index (χ1n) is 11.2. The highest BCUT2D eigenvalue weighted by Crippen LogP contribution is 2.38. The summed E-state index contributed by atoms with van der Waals surface area (Å²) in [4.78, 5) is 9.22. The first-order chi connectivity index (χ1) is 16.7. The van der Waals surface area contributed by atoms with Crippen molar-refractivity contribution < 1.29 is 8.83 Å². The van der Waals surface area contributed by atoms with Crippen molar-refractivity contribution in [3.63, 3.8) is 0 Å². The number of fused-ring (bicyclic) bond motifs is 9. The Morgan fingerprint density at radius 1 is 0.588 bits per heavy atom. The number of benzene rings is 3. The molecule has 5 nitrogen and oxygen atoms in total. The van der Waals surface area contributed by atoms with Gasteiger partial charge in [-0.3, -0.25) is 9.97 Å². The molecule has 0 saturated carbocycles.